The van der Waals surface area contributed by atoms with E-state index in [-0.39, 0.29) is 0 Å². The molecule has 21 heavy (non-hydrogen) atoms. The van der Waals surface area contributed by atoms with E-state index in [9.17, 15) is 0 Å². The number of hydrogen-bond donors (Lipinski definition) is 0. The monoisotopic (exact) mass is 284 g/mol. The number of fused-ring (bicyclic) bond motifs is 1. The topological polar surface area (TPSA) is 25.4 Å². The molecule has 0 unspecified atom stereocenters. The van der Waals surface area contributed by atoms with Gasteiger partial charge in [-0.05, 0) is 31.4 Å². The van der Waals surface area contributed by atoms with Crippen molar-refractivity contribution in [1.29, 1.82) is 0 Å². The molecule has 1 aromatic heterocycles. The van der Waals surface area contributed by atoms with Crippen LogP contribution in [-0.4, -0.2) is 31.3 Å². The predicted octanol–water partition coefficient (Wildman–Crippen LogP) is 3.80. The molecule has 1 aliphatic rings. The number of para-hydroxylation sites is 1. The molecule has 2 heterocycles. The minimum atomic E-state index is 0.569. The molecule has 0 saturated carbocycles. The van der Waals surface area contributed by atoms with Crippen molar-refractivity contribution in [2.45, 2.75) is 38.6 Å². The lowest BCUT2D eigenvalue weighted by Crippen LogP contribution is -2.36. The van der Waals surface area contributed by atoms with Crippen molar-refractivity contribution >= 4 is 16.6 Å². The molecule has 2 aromatic rings. The van der Waals surface area contributed by atoms with Crippen molar-refractivity contribution in [3.05, 3.63) is 36.0 Å². The van der Waals surface area contributed by atoms with E-state index in [0.29, 0.717) is 6.04 Å². The number of aromatic nitrogens is 1. The molecule has 3 heteroatoms. The third kappa shape index (κ3) is 3.03. The van der Waals surface area contributed by atoms with Gasteiger partial charge in [-0.2, -0.15) is 0 Å². The molecular weight excluding hydrogens is 260 g/mol. The van der Waals surface area contributed by atoms with Crippen LogP contribution in [0.1, 0.15) is 31.9 Å². The van der Waals surface area contributed by atoms with Crippen LogP contribution in [0.25, 0.3) is 10.9 Å². The molecule has 0 N–H and O–H groups in total. The van der Waals surface area contributed by atoms with Crippen molar-refractivity contribution in [2.24, 2.45) is 0 Å². The molecule has 0 atom stereocenters. The maximum atomic E-state index is 5.50. The van der Waals surface area contributed by atoms with Gasteiger partial charge in [0.25, 0.3) is 0 Å². The highest BCUT2D eigenvalue weighted by Gasteiger charge is 2.20. The number of ether oxygens (including phenoxy) is 1. The second kappa shape index (κ2) is 6.44. The van der Waals surface area contributed by atoms with E-state index in [1.165, 1.54) is 16.8 Å². The smallest absolute Gasteiger partial charge is 0.0726 e. The Morgan fingerprint density at radius 1 is 1.24 bits per heavy atom. The maximum absolute atomic E-state index is 5.50. The Hall–Kier alpha value is -1.61. The predicted molar refractivity (Wildman–Crippen MR) is 88.0 cm³/mol. The Morgan fingerprint density at radius 3 is 2.76 bits per heavy atom. The largest absolute Gasteiger partial charge is 0.381 e. The quantitative estimate of drug-likeness (QED) is 0.854. The molecule has 1 saturated heterocycles. The van der Waals surface area contributed by atoms with Gasteiger partial charge in [0.1, 0.15) is 0 Å². The zero-order valence-corrected chi connectivity index (χ0v) is 13.0. The Morgan fingerprint density at radius 2 is 2.00 bits per heavy atom. The zero-order chi connectivity index (χ0) is 14.7. The van der Waals surface area contributed by atoms with Crippen LogP contribution in [0.4, 0.5) is 5.69 Å². The zero-order valence-electron chi connectivity index (χ0n) is 13.0. The number of pyridine rings is 1. The Bertz CT molecular complexity index is 605. The van der Waals surface area contributed by atoms with Gasteiger partial charge in [0.15, 0.2) is 0 Å². The van der Waals surface area contributed by atoms with Crippen molar-refractivity contribution < 1.29 is 4.74 Å². The van der Waals surface area contributed by atoms with Gasteiger partial charge in [-0.3, -0.25) is 4.98 Å². The van der Waals surface area contributed by atoms with Crippen molar-refractivity contribution in [3.63, 3.8) is 0 Å². The summed E-state index contributed by atoms with van der Waals surface area (Å²) in [6, 6.07) is 11.3. The standard InChI is InChI=1S/C18H24N2O/c1-3-6-14-13-18(16-7-4-5-8-17(16)19-14)20(2)15-9-11-21-12-10-15/h4-5,7-8,13,15H,3,6,9-12H2,1-2H3. The first kappa shape index (κ1) is 14.3. The van der Waals surface area contributed by atoms with Crippen LogP contribution >= 0.6 is 0 Å². The number of rotatable bonds is 4. The van der Waals surface area contributed by atoms with Crippen LogP contribution in [0.3, 0.4) is 0 Å². The maximum Gasteiger partial charge on any atom is 0.0726 e. The van der Waals surface area contributed by atoms with E-state index in [4.69, 9.17) is 9.72 Å². The molecule has 112 valence electrons. The molecule has 3 rings (SSSR count). The van der Waals surface area contributed by atoms with E-state index < -0.39 is 0 Å². The van der Waals surface area contributed by atoms with Gasteiger partial charge in [0, 0.05) is 43.1 Å². The molecule has 1 fully saturated rings. The number of benzene rings is 1. The fourth-order valence-corrected chi connectivity index (χ4v) is 3.16. The fraction of sp³-hybridized carbons (Fsp3) is 0.500. The summed E-state index contributed by atoms with van der Waals surface area (Å²) in [5.74, 6) is 0. The van der Waals surface area contributed by atoms with E-state index in [1.54, 1.807) is 0 Å². The first-order valence-electron chi connectivity index (χ1n) is 7.99. The minimum Gasteiger partial charge on any atom is -0.381 e. The van der Waals surface area contributed by atoms with Crippen LogP contribution in [-0.2, 0) is 11.2 Å². The number of anilines is 1. The lowest BCUT2D eigenvalue weighted by molar-refractivity contribution is 0.0855. The van der Waals surface area contributed by atoms with E-state index in [2.05, 4.69) is 49.2 Å². The van der Waals surface area contributed by atoms with Gasteiger partial charge in [0.05, 0.1) is 5.52 Å². The normalized spacial score (nSPS) is 16.3. The third-order valence-corrected chi connectivity index (χ3v) is 4.37. The first-order chi connectivity index (χ1) is 10.3. The lowest BCUT2D eigenvalue weighted by Gasteiger charge is -2.33. The summed E-state index contributed by atoms with van der Waals surface area (Å²) >= 11 is 0. The van der Waals surface area contributed by atoms with Gasteiger partial charge in [0.2, 0.25) is 0 Å². The van der Waals surface area contributed by atoms with Crippen molar-refractivity contribution in [3.8, 4) is 0 Å². The average molecular weight is 284 g/mol. The Labute approximate surface area is 126 Å². The second-order valence-corrected chi connectivity index (χ2v) is 5.85. The number of hydrogen-bond acceptors (Lipinski definition) is 3. The summed E-state index contributed by atoms with van der Waals surface area (Å²) in [5, 5.41) is 1.26. The van der Waals surface area contributed by atoms with E-state index >= 15 is 0 Å². The summed E-state index contributed by atoms with van der Waals surface area (Å²) in [4.78, 5) is 7.24. The molecule has 1 aliphatic heterocycles. The Balaban J connectivity index is 2.01. The van der Waals surface area contributed by atoms with Gasteiger partial charge in [-0.1, -0.05) is 31.5 Å². The highest BCUT2D eigenvalue weighted by Crippen LogP contribution is 2.29. The van der Waals surface area contributed by atoms with E-state index in [1.807, 2.05) is 0 Å². The van der Waals surface area contributed by atoms with Gasteiger partial charge >= 0.3 is 0 Å². The Kier molecular flexibility index (Phi) is 4.39. The highest BCUT2D eigenvalue weighted by atomic mass is 16.5. The third-order valence-electron chi connectivity index (χ3n) is 4.37. The first-order valence-corrected chi connectivity index (χ1v) is 7.99. The molecule has 1 aromatic carbocycles. The van der Waals surface area contributed by atoms with Gasteiger partial charge < -0.3 is 9.64 Å². The number of aryl methyl sites for hydroxylation is 1. The minimum absolute atomic E-state index is 0.569. The molecule has 0 bridgehead atoms. The fourth-order valence-electron chi connectivity index (χ4n) is 3.16. The summed E-state index contributed by atoms with van der Waals surface area (Å²) in [6.45, 7) is 3.96. The second-order valence-electron chi connectivity index (χ2n) is 5.85. The summed E-state index contributed by atoms with van der Waals surface area (Å²) in [7, 11) is 2.22. The van der Waals surface area contributed by atoms with Crippen LogP contribution in [0.2, 0.25) is 0 Å². The summed E-state index contributed by atoms with van der Waals surface area (Å²) < 4.78 is 5.50. The summed E-state index contributed by atoms with van der Waals surface area (Å²) in [6.07, 6.45) is 4.39. The average Bonchev–Trinajstić information content (AvgIpc) is 2.54. The molecule has 0 radical (unpaired) electrons. The molecule has 3 nitrogen and oxygen atoms in total. The highest BCUT2D eigenvalue weighted by molar-refractivity contribution is 5.92. The van der Waals surface area contributed by atoms with Crippen LogP contribution in [0.15, 0.2) is 30.3 Å². The molecular formula is C18H24N2O. The van der Waals surface area contributed by atoms with Crippen molar-refractivity contribution in [1.82, 2.24) is 4.98 Å². The summed E-state index contributed by atoms with van der Waals surface area (Å²) in [5.41, 5.74) is 3.62. The molecule has 0 amide bonds. The molecule has 0 spiro atoms. The van der Waals surface area contributed by atoms with Crippen molar-refractivity contribution in [2.75, 3.05) is 25.2 Å². The SMILES string of the molecule is CCCc1cc(N(C)C2CCOCC2)c2ccccc2n1. The van der Waals surface area contributed by atoms with Crippen LogP contribution in [0.5, 0.6) is 0 Å². The number of nitrogens with zero attached hydrogens (tertiary/aromatic N) is 2. The van der Waals surface area contributed by atoms with Gasteiger partial charge in [-0.25, -0.2) is 0 Å². The van der Waals surface area contributed by atoms with E-state index in [0.717, 1.165) is 44.4 Å². The van der Waals surface area contributed by atoms with Crippen LogP contribution in [0, 0.1) is 0 Å². The van der Waals surface area contributed by atoms with Gasteiger partial charge in [-0.15, -0.1) is 0 Å². The molecule has 0 aliphatic carbocycles. The lowest BCUT2D eigenvalue weighted by atomic mass is 10.0. The van der Waals surface area contributed by atoms with Crippen LogP contribution < -0.4 is 4.90 Å².